The number of hydrogen-bond acceptors (Lipinski definition) is 2. The Hall–Kier alpha value is -1.29. The molecule has 112 valence electrons. The molecular weight excluding hydrogens is 286 g/mol. The quantitative estimate of drug-likeness (QED) is 0.662. The van der Waals surface area contributed by atoms with Crippen LogP contribution in [0.2, 0.25) is 0 Å². The van der Waals surface area contributed by atoms with Crippen LogP contribution >= 0.6 is 11.6 Å². The summed E-state index contributed by atoms with van der Waals surface area (Å²) in [5, 5.41) is 0. The van der Waals surface area contributed by atoms with Gasteiger partial charge in [-0.3, -0.25) is 0 Å². The van der Waals surface area contributed by atoms with Gasteiger partial charge in [0, 0.05) is 5.88 Å². The zero-order valence-corrected chi connectivity index (χ0v) is 12.6. The van der Waals surface area contributed by atoms with E-state index in [-0.39, 0.29) is 5.75 Å². The lowest BCUT2D eigenvalue weighted by atomic mass is 10.0. The maximum absolute atomic E-state index is 12.3. The molecule has 0 fully saturated rings. The lowest BCUT2D eigenvalue weighted by molar-refractivity contribution is -0.0514. The van der Waals surface area contributed by atoms with E-state index in [4.69, 9.17) is 16.3 Å². The molecular formula is C15H19ClF2O2. The molecule has 0 unspecified atom stereocenters. The molecule has 1 rings (SSSR count). The van der Waals surface area contributed by atoms with Crippen molar-refractivity contribution in [1.29, 1.82) is 0 Å². The summed E-state index contributed by atoms with van der Waals surface area (Å²) < 4.78 is 34.4. The van der Waals surface area contributed by atoms with Gasteiger partial charge in [-0.25, -0.2) is 0 Å². The van der Waals surface area contributed by atoms with E-state index >= 15 is 0 Å². The second kappa shape index (κ2) is 8.10. The molecule has 0 N–H and O–H groups in total. The number of rotatable bonds is 7. The predicted molar refractivity (Wildman–Crippen MR) is 77.8 cm³/mol. The van der Waals surface area contributed by atoms with Crippen LogP contribution in [0.25, 0.3) is 6.08 Å². The number of hydrogen-bond donors (Lipinski definition) is 0. The highest BCUT2D eigenvalue weighted by Gasteiger charge is 2.11. The lowest BCUT2D eigenvalue weighted by Gasteiger charge is -2.13. The average Bonchev–Trinajstić information content (AvgIpc) is 2.38. The molecule has 0 saturated heterocycles. The molecule has 0 heterocycles. The zero-order chi connectivity index (χ0) is 15.1. The first kappa shape index (κ1) is 16.8. The molecule has 0 aliphatic heterocycles. The van der Waals surface area contributed by atoms with Gasteiger partial charge < -0.3 is 9.47 Å². The molecule has 1 aromatic rings. The highest BCUT2D eigenvalue weighted by molar-refractivity contribution is 6.19. The van der Waals surface area contributed by atoms with E-state index in [0.717, 1.165) is 11.1 Å². The Morgan fingerprint density at radius 2 is 2.00 bits per heavy atom. The molecule has 0 radical (unpaired) electrons. The summed E-state index contributed by atoms with van der Waals surface area (Å²) in [5.74, 6) is 1.09. The van der Waals surface area contributed by atoms with Crippen molar-refractivity contribution in [2.24, 2.45) is 5.92 Å². The molecule has 0 aliphatic rings. The number of halogens is 3. The van der Waals surface area contributed by atoms with Crippen LogP contribution in [-0.2, 0) is 0 Å². The monoisotopic (exact) mass is 304 g/mol. The maximum Gasteiger partial charge on any atom is 0.387 e. The third kappa shape index (κ3) is 5.00. The SMILES string of the molecule is CCOc1cc(C=C(CCl)C(C)C)ccc1OC(F)F. The predicted octanol–water partition coefficient (Wildman–Crippen LogP) is 4.96. The molecule has 0 aliphatic carbocycles. The Balaban J connectivity index is 3.09. The third-order valence-corrected chi connectivity index (χ3v) is 3.04. The summed E-state index contributed by atoms with van der Waals surface area (Å²) in [4.78, 5) is 0. The fourth-order valence-electron chi connectivity index (χ4n) is 1.65. The normalized spacial score (nSPS) is 12.1. The van der Waals surface area contributed by atoms with Crippen LogP contribution in [-0.4, -0.2) is 19.1 Å². The van der Waals surface area contributed by atoms with E-state index in [2.05, 4.69) is 4.74 Å². The molecule has 0 atom stereocenters. The van der Waals surface area contributed by atoms with Crippen molar-refractivity contribution in [2.75, 3.05) is 12.5 Å². The van der Waals surface area contributed by atoms with Crippen LogP contribution in [0.5, 0.6) is 11.5 Å². The summed E-state index contributed by atoms with van der Waals surface area (Å²) in [6.45, 7) is 3.38. The Labute approximate surface area is 123 Å². The van der Waals surface area contributed by atoms with E-state index in [1.54, 1.807) is 19.1 Å². The van der Waals surface area contributed by atoms with Crippen molar-refractivity contribution < 1.29 is 18.3 Å². The fraction of sp³-hybridized carbons (Fsp3) is 0.467. The van der Waals surface area contributed by atoms with Crippen LogP contribution in [0.1, 0.15) is 26.3 Å². The van der Waals surface area contributed by atoms with E-state index < -0.39 is 6.61 Å². The molecule has 1 aromatic carbocycles. The van der Waals surface area contributed by atoms with Crippen LogP contribution in [0, 0.1) is 5.92 Å². The van der Waals surface area contributed by atoms with Crippen molar-refractivity contribution in [3.05, 3.63) is 29.3 Å². The van der Waals surface area contributed by atoms with Gasteiger partial charge in [0.15, 0.2) is 11.5 Å². The summed E-state index contributed by atoms with van der Waals surface area (Å²) >= 11 is 5.89. The summed E-state index contributed by atoms with van der Waals surface area (Å²) in [6.07, 6.45) is 1.94. The van der Waals surface area contributed by atoms with Crippen molar-refractivity contribution in [3.63, 3.8) is 0 Å². The van der Waals surface area contributed by atoms with E-state index in [0.29, 0.717) is 24.2 Å². The largest absolute Gasteiger partial charge is 0.490 e. The fourth-order valence-corrected chi connectivity index (χ4v) is 2.04. The molecule has 0 saturated carbocycles. The van der Waals surface area contributed by atoms with Gasteiger partial charge in [0.25, 0.3) is 0 Å². The van der Waals surface area contributed by atoms with Crippen LogP contribution in [0.4, 0.5) is 8.78 Å². The molecule has 0 bridgehead atoms. The van der Waals surface area contributed by atoms with Gasteiger partial charge >= 0.3 is 6.61 Å². The van der Waals surface area contributed by atoms with Gasteiger partial charge in [-0.1, -0.05) is 31.6 Å². The van der Waals surface area contributed by atoms with Gasteiger partial charge in [-0.15, -0.1) is 11.6 Å². The lowest BCUT2D eigenvalue weighted by Crippen LogP contribution is -2.04. The Kier molecular flexibility index (Phi) is 6.79. The first-order valence-corrected chi connectivity index (χ1v) is 6.99. The number of alkyl halides is 3. The molecule has 2 nitrogen and oxygen atoms in total. The standard InChI is InChI=1S/C15H19ClF2O2/c1-4-19-14-8-11(7-12(9-16)10(2)3)5-6-13(14)20-15(17)18/h5-8,10,15H,4,9H2,1-3H3. The zero-order valence-electron chi connectivity index (χ0n) is 11.8. The van der Waals surface area contributed by atoms with Crippen LogP contribution in [0.15, 0.2) is 23.8 Å². The third-order valence-electron chi connectivity index (χ3n) is 2.73. The van der Waals surface area contributed by atoms with Crippen molar-refractivity contribution in [2.45, 2.75) is 27.4 Å². The van der Waals surface area contributed by atoms with Crippen LogP contribution in [0.3, 0.4) is 0 Å². The minimum Gasteiger partial charge on any atom is -0.490 e. The summed E-state index contributed by atoms with van der Waals surface area (Å²) in [6, 6.07) is 4.86. The van der Waals surface area contributed by atoms with E-state index in [9.17, 15) is 8.78 Å². The molecule has 0 amide bonds. The highest BCUT2D eigenvalue weighted by atomic mass is 35.5. The smallest absolute Gasteiger partial charge is 0.387 e. The van der Waals surface area contributed by atoms with Gasteiger partial charge in [0.1, 0.15) is 0 Å². The number of ether oxygens (including phenoxy) is 2. The Morgan fingerprint density at radius 3 is 2.50 bits per heavy atom. The minimum atomic E-state index is -2.87. The molecule has 0 aromatic heterocycles. The van der Waals surface area contributed by atoms with Gasteiger partial charge in [-0.2, -0.15) is 8.78 Å². The second-order valence-corrected chi connectivity index (χ2v) is 4.79. The Bertz CT molecular complexity index is 459. The van der Waals surface area contributed by atoms with Gasteiger partial charge in [-0.05, 0) is 30.5 Å². The molecule has 5 heteroatoms. The average molecular weight is 305 g/mol. The number of benzene rings is 1. The Morgan fingerprint density at radius 1 is 1.30 bits per heavy atom. The maximum atomic E-state index is 12.3. The molecule has 20 heavy (non-hydrogen) atoms. The van der Waals surface area contributed by atoms with E-state index in [1.807, 2.05) is 19.9 Å². The molecule has 0 spiro atoms. The first-order valence-electron chi connectivity index (χ1n) is 6.46. The first-order chi connectivity index (χ1) is 9.47. The van der Waals surface area contributed by atoms with Crippen molar-refractivity contribution in [3.8, 4) is 11.5 Å². The van der Waals surface area contributed by atoms with Crippen molar-refractivity contribution in [1.82, 2.24) is 0 Å². The van der Waals surface area contributed by atoms with Crippen molar-refractivity contribution >= 4 is 17.7 Å². The van der Waals surface area contributed by atoms with E-state index in [1.165, 1.54) is 6.07 Å². The number of allylic oxidation sites excluding steroid dienone is 1. The summed E-state index contributed by atoms with van der Waals surface area (Å²) in [7, 11) is 0. The second-order valence-electron chi connectivity index (χ2n) is 4.53. The van der Waals surface area contributed by atoms with Gasteiger partial charge in [0.2, 0.25) is 0 Å². The minimum absolute atomic E-state index is 0.0379. The highest BCUT2D eigenvalue weighted by Crippen LogP contribution is 2.31. The summed E-state index contributed by atoms with van der Waals surface area (Å²) in [5.41, 5.74) is 1.91. The van der Waals surface area contributed by atoms with Gasteiger partial charge in [0.05, 0.1) is 6.61 Å². The topological polar surface area (TPSA) is 18.5 Å². The van der Waals surface area contributed by atoms with Crippen LogP contribution < -0.4 is 9.47 Å².